The van der Waals surface area contributed by atoms with E-state index in [1.165, 1.54) is 109 Å². The first-order chi connectivity index (χ1) is 22.2. The molecule has 0 saturated heterocycles. The molecule has 0 fully saturated rings. The standard InChI is InChI=1S/C39H73NO6/c1-5-9-10-11-12-13-14-15-16-17-18-19-20-21-22-23-24-25-26-27-28-29-33-40(34(30-6-2)37(41)42,35(31-7-3)38(43)44)36(32-8-4)39(45)46/h28-29,34-36H,5-27,30-33H2,1-4H3,(H2-,41,42,43,44,45,46)/p+1/b29-28+. The number of hydrogen-bond donors (Lipinski definition) is 3. The summed E-state index contributed by atoms with van der Waals surface area (Å²) in [5, 5.41) is 30.9. The van der Waals surface area contributed by atoms with Gasteiger partial charge >= 0.3 is 17.9 Å². The van der Waals surface area contributed by atoms with Crippen molar-refractivity contribution in [3.8, 4) is 0 Å². The van der Waals surface area contributed by atoms with Crippen LogP contribution in [0.15, 0.2) is 12.2 Å². The number of allylic oxidation sites excluding steroid dienone is 1. The molecule has 7 heteroatoms. The highest BCUT2D eigenvalue weighted by molar-refractivity contribution is 5.78. The average molecular weight is 653 g/mol. The number of nitrogens with zero attached hydrogens (tertiary/aromatic N) is 1. The van der Waals surface area contributed by atoms with Crippen LogP contribution in [-0.2, 0) is 14.4 Å². The molecule has 270 valence electrons. The number of aliphatic carboxylic acids is 3. The lowest BCUT2D eigenvalue weighted by molar-refractivity contribution is -0.968. The SMILES string of the molecule is CCCCCCCCCCCCCCCCCCCCC/C=C/C[N+](C(CCC)C(=O)O)(C(CCC)C(=O)O)C(CCC)C(=O)O. The number of carbonyl (C=O) groups is 3. The van der Waals surface area contributed by atoms with Crippen molar-refractivity contribution in [2.45, 2.75) is 213 Å². The zero-order chi connectivity index (χ0) is 34.5. The Bertz CT molecular complexity index is 738. The highest BCUT2D eigenvalue weighted by Gasteiger charge is 2.56. The fraction of sp³-hybridized carbons (Fsp3) is 0.872. The third-order valence-corrected chi connectivity index (χ3v) is 9.84. The van der Waals surface area contributed by atoms with Crippen LogP contribution in [0.25, 0.3) is 0 Å². The molecule has 0 amide bonds. The first-order valence-corrected chi connectivity index (χ1v) is 19.4. The van der Waals surface area contributed by atoms with Gasteiger partial charge in [-0.2, -0.15) is 0 Å². The fourth-order valence-corrected chi connectivity index (χ4v) is 7.28. The van der Waals surface area contributed by atoms with Gasteiger partial charge in [0, 0.05) is 19.3 Å². The van der Waals surface area contributed by atoms with E-state index >= 15 is 0 Å². The van der Waals surface area contributed by atoms with Gasteiger partial charge in [-0.3, -0.25) is 4.48 Å². The molecule has 0 heterocycles. The maximum absolute atomic E-state index is 12.6. The smallest absolute Gasteiger partial charge is 0.362 e. The van der Waals surface area contributed by atoms with Crippen LogP contribution >= 0.6 is 0 Å². The van der Waals surface area contributed by atoms with Crippen LogP contribution < -0.4 is 0 Å². The van der Waals surface area contributed by atoms with E-state index in [9.17, 15) is 29.7 Å². The van der Waals surface area contributed by atoms with Crippen molar-refractivity contribution in [2.75, 3.05) is 6.54 Å². The third kappa shape index (κ3) is 18.4. The predicted octanol–water partition coefficient (Wildman–Crippen LogP) is 10.9. The summed E-state index contributed by atoms with van der Waals surface area (Å²) in [4.78, 5) is 37.8. The lowest BCUT2D eigenvalue weighted by atomic mass is 9.92. The van der Waals surface area contributed by atoms with Gasteiger partial charge in [-0.25, -0.2) is 14.4 Å². The van der Waals surface area contributed by atoms with E-state index in [0.717, 1.165) is 19.3 Å². The van der Waals surface area contributed by atoms with E-state index < -0.39 is 40.5 Å². The largest absolute Gasteiger partial charge is 0.477 e. The van der Waals surface area contributed by atoms with Crippen LogP contribution in [-0.4, -0.2) is 62.4 Å². The Hall–Kier alpha value is -1.89. The second-order valence-electron chi connectivity index (χ2n) is 13.7. The Morgan fingerprint density at radius 1 is 0.435 bits per heavy atom. The molecular weight excluding hydrogens is 578 g/mol. The second-order valence-corrected chi connectivity index (χ2v) is 13.7. The van der Waals surface area contributed by atoms with Crippen molar-refractivity contribution in [2.24, 2.45) is 0 Å². The van der Waals surface area contributed by atoms with E-state index in [0.29, 0.717) is 19.3 Å². The molecule has 0 rings (SSSR count). The van der Waals surface area contributed by atoms with Gasteiger partial charge < -0.3 is 15.3 Å². The number of quaternary nitrogens is 1. The lowest BCUT2D eigenvalue weighted by Gasteiger charge is -2.49. The summed E-state index contributed by atoms with van der Waals surface area (Å²) in [6.45, 7) is 7.97. The van der Waals surface area contributed by atoms with Crippen LogP contribution in [0.1, 0.15) is 195 Å². The molecule has 0 aromatic rings. The molecule has 0 aromatic carbocycles. The van der Waals surface area contributed by atoms with Crippen LogP contribution in [0.3, 0.4) is 0 Å². The zero-order valence-electron chi connectivity index (χ0n) is 30.5. The lowest BCUT2D eigenvalue weighted by Crippen LogP contribution is -2.72. The quantitative estimate of drug-likeness (QED) is 0.0362. The van der Waals surface area contributed by atoms with Gasteiger partial charge in [0.15, 0.2) is 18.1 Å². The van der Waals surface area contributed by atoms with Gasteiger partial charge in [-0.05, 0) is 38.2 Å². The minimum absolute atomic E-state index is 0.101. The molecule has 3 atom stereocenters. The highest BCUT2D eigenvalue weighted by atomic mass is 16.4. The minimum atomic E-state index is -1.11. The van der Waals surface area contributed by atoms with Crippen molar-refractivity contribution in [1.29, 1.82) is 0 Å². The summed E-state index contributed by atoms with van der Waals surface area (Å²) >= 11 is 0. The summed E-state index contributed by atoms with van der Waals surface area (Å²) in [7, 11) is 0. The van der Waals surface area contributed by atoms with Gasteiger partial charge in [0.05, 0.1) is 6.54 Å². The number of hydrogen-bond acceptors (Lipinski definition) is 3. The normalized spacial score (nSPS) is 15.0. The Balaban J connectivity index is 4.65. The molecule has 0 aliphatic heterocycles. The number of rotatable bonds is 34. The van der Waals surface area contributed by atoms with Crippen LogP contribution in [0, 0.1) is 0 Å². The molecule has 0 aliphatic rings. The van der Waals surface area contributed by atoms with Gasteiger partial charge in [0.1, 0.15) is 0 Å². The monoisotopic (exact) mass is 653 g/mol. The maximum atomic E-state index is 12.6. The summed E-state index contributed by atoms with van der Waals surface area (Å²) in [6.07, 6.45) is 32.4. The number of carboxylic acid groups (broad SMARTS) is 3. The molecular formula is C39H74NO6+. The molecule has 3 N–H and O–H groups in total. The highest BCUT2D eigenvalue weighted by Crippen LogP contribution is 2.33. The number of unbranched alkanes of at least 4 members (excludes halogenated alkanes) is 19. The van der Waals surface area contributed by atoms with Gasteiger partial charge in [-0.1, -0.05) is 149 Å². The van der Waals surface area contributed by atoms with Crippen LogP contribution in [0.5, 0.6) is 0 Å². The van der Waals surface area contributed by atoms with Crippen LogP contribution in [0.4, 0.5) is 0 Å². The molecule has 0 aliphatic carbocycles. The van der Waals surface area contributed by atoms with Crippen molar-refractivity contribution in [1.82, 2.24) is 0 Å². The van der Waals surface area contributed by atoms with Gasteiger partial charge in [-0.15, -0.1) is 0 Å². The Labute approximate surface area is 283 Å². The summed E-state index contributed by atoms with van der Waals surface area (Å²) in [6, 6.07) is -3.28. The Morgan fingerprint density at radius 2 is 0.717 bits per heavy atom. The Kier molecular flexibility index (Phi) is 28.1. The molecule has 0 spiro atoms. The van der Waals surface area contributed by atoms with Crippen molar-refractivity contribution < 1.29 is 34.2 Å². The van der Waals surface area contributed by atoms with E-state index in [2.05, 4.69) is 6.92 Å². The molecule has 0 bridgehead atoms. The van der Waals surface area contributed by atoms with E-state index in [-0.39, 0.29) is 25.8 Å². The maximum Gasteiger partial charge on any atom is 0.362 e. The molecule has 0 aromatic heterocycles. The molecule has 46 heavy (non-hydrogen) atoms. The van der Waals surface area contributed by atoms with E-state index in [4.69, 9.17) is 0 Å². The third-order valence-electron chi connectivity index (χ3n) is 9.84. The zero-order valence-corrected chi connectivity index (χ0v) is 30.5. The minimum Gasteiger partial charge on any atom is -0.477 e. The number of carboxylic acids is 3. The summed E-state index contributed by atoms with van der Waals surface area (Å²) in [5.41, 5.74) is 0. The van der Waals surface area contributed by atoms with Crippen molar-refractivity contribution in [3.63, 3.8) is 0 Å². The predicted molar refractivity (Wildman–Crippen MR) is 191 cm³/mol. The molecule has 7 nitrogen and oxygen atoms in total. The van der Waals surface area contributed by atoms with E-state index in [1.807, 2.05) is 32.9 Å². The van der Waals surface area contributed by atoms with E-state index in [1.54, 1.807) is 0 Å². The van der Waals surface area contributed by atoms with Gasteiger partial charge in [0.25, 0.3) is 0 Å². The first-order valence-electron chi connectivity index (χ1n) is 19.4. The van der Waals surface area contributed by atoms with Gasteiger partial charge in [0.2, 0.25) is 0 Å². The second kappa shape index (κ2) is 29.3. The molecule has 3 unspecified atom stereocenters. The average Bonchev–Trinajstić information content (AvgIpc) is 3.02. The van der Waals surface area contributed by atoms with Crippen molar-refractivity contribution >= 4 is 17.9 Å². The summed E-state index contributed by atoms with van der Waals surface area (Å²) < 4.78 is -0.453. The van der Waals surface area contributed by atoms with Crippen molar-refractivity contribution in [3.05, 3.63) is 12.2 Å². The Morgan fingerprint density at radius 3 is 0.978 bits per heavy atom. The molecule has 0 saturated carbocycles. The fourth-order valence-electron chi connectivity index (χ4n) is 7.28. The summed E-state index contributed by atoms with van der Waals surface area (Å²) in [5.74, 6) is -3.34. The van der Waals surface area contributed by atoms with Crippen LogP contribution in [0.2, 0.25) is 0 Å². The topological polar surface area (TPSA) is 112 Å². The first kappa shape index (κ1) is 44.1. The molecule has 0 radical (unpaired) electrons.